The maximum Gasteiger partial charge on any atom is 0.243 e. The number of para-hydroxylation sites is 1. The Balaban J connectivity index is 1.73. The molecule has 2 amide bonds. The van der Waals surface area contributed by atoms with Gasteiger partial charge in [-0.3, -0.25) is 14.5 Å². The molecule has 0 saturated carbocycles. The number of hydrogen-bond acceptors (Lipinski definition) is 3. The molecule has 1 aliphatic rings. The van der Waals surface area contributed by atoms with E-state index in [0.717, 1.165) is 24.3 Å². The number of likely N-dealkylation sites (N-methyl/N-ethyl adjacent to an activating group) is 1. The zero-order chi connectivity index (χ0) is 16.4. The fourth-order valence-corrected chi connectivity index (χ4v) is 3.21. The molecular formula is C17H22N4O2. The summed E-state index contributed by atoms with van der Waals surface area (Å²) in [6.07, 6.45) is 0. The summed E-state index contributed by atoms with van der Waals surface area (Å²) >= 11 is 0. The van der Waals surface area contributed by atoms with Gasteiger partial charge in [-0.15, -0.1) is 0 Å². The minimum atomic E-state index is -0.421. The van der Waals surface area contributed by atoms with Crippen molar-refractivity contribution in [3.8, 4) is 0 Å². The number of carbonyl (C=O) groups is 2. The predicted molar refractivity (Wildman–Crippen MR) is 88.8 cm³/mol. The molecule has 3 rings (SSSR count). The van der Waals surface area contributed by atoms with Crippen molar-refractivity contribution >= 4 is 22.7 Å². The van der Waals surface area contributed by atoms with Gasteiger partial charge in [-0.05, 0) is 17.5 Å². The molecule has 2 N–H and O–H groups in total. The van der Waals surface area contributed by atoms with Crippen LogP contribution in [-0.2, 0) is 16.1 Å². The maximum absolute atomic E-state index is 12.1. The topological polar surface area (TPSA) is 68.4 Å². The number of carbonyl (C=O) groups excluding carboxylic acids is 2. The number of fused-ring (bicyclic) bond motifs is 1. The van der Waals surface area contributed by atoms with Gasteiger partial charge in [-0.1, -0.05) is 18.2 Å². The number of amides is 2. The molecule has 1 saturated heterocycles. The normalized spacial score (nSPS) is 19.0. The van der Waals surface area contributed by atoms with Crippen molar-refractivity contribution in [2.45, 2.75) is 19.5 Å². The van der Waals surface area contributed by atoms with E-state index >= 15 is 0 Å². The van der Waals surface area contributed by atoms with Crippen molar-refractivity contribution in [1.29, 1.82) is 0 Å². The smallest absolute Gasteiger partial charge is 0.243 e. The van der Waals surface area contributed by atoms with Crippen LogP contribution in [0.25, 0.3) is 10.9 Å². The molecule has 0 aliphatic carbocycles. The van der Waals surface area contributed by atoms with E-state index in [0.29, 0.717) is 13.1 Å². The van der Waals surface area contributed by atoms with Gasteiger partial charge in [0.1, 0.15) is 6.04 Å². The van der Waals surface area contributed by atoms with E-state index < -0.39 is 6.04 Å². The second-order valence-electron chi connectivity index (χ2n) is 5.96. The van der Waals surface area contributed by atoms with Gasteiger partial charge < -0.3 is 15.2 Å². The number of nitrogens with zero attached hydrogens (tertiary/aromatic N) is 2. The zero-order valence-electron chi connectivity index (χ0n) is 13.5. The summed E-state index contributed by atoms with van der Waals surface area (Å²) in [7, 11) is 1.61. The van der Waals surface area contributed by atoms with Crippen LogP contribution in [0.4, 0.5) is 0 Å². The SMILES string of the molecule is CNC(=O)[C@@H]1CN(Cc2cc3ccccc3[nH]2)CCN1C(C)=O. The summed E-state index contributed by atoms with van der Waals surface area (Å²) in [5, 5.41) is 3.85. The molecule has 0 spiro atoms. The molecule has 1 atom stereocenters. The molecule has 122 valence electrons. The average molecular weight is 314 g/mol. The second-order valence-corrected chi connectivity index (χ2v) is 5.96. The number of nitrogens with one attached hydrogen (secondary N) is 2. The highest BCUT2D eigenvalue weighted by Crippen LogP contribution is 2.18. The Morgan fingerprint density at radius 1 is 1.30 bits per heavy atom. The molecular weight excluding hydrogens is 292 g/mol. The number of aromatic nitrogens is 1. The zero-order valence-corrected chi connectivity index (χ0v) is 13.5. The Morgan fingerprint density at radius 3 is 2.78 bits per heavy atom. The number of hydrogen-bond donors (Lipinski definition) is 2. The lowest BCUT2D eigenvalue weighted by molar-refractivity contribution is -0.142. The summed E-state index contributed by atoms with van der Waals surface area (Å²) in [6, 6.07) is 9.89. The average Bonchev–Trinajstić information content (AvgIpc) is 2.96. The molecule has 1 aromatic carbocycles. The Labute approximate surface area is 135 Å². The van der Waals surface area contributed by atoms with Gasteiger partial charge in [0.2, 0.25) is 11.8 Å². The number of piperazine rings is 1. The lowest BCUT2D eigenvalue weighted by Gasteiger charge is -2.39. The van der Waals surface area contributed by atoms with E-state index in [1.54, 1.807) is 11.9 Å². The summed E-state index contributed by atoms with van der Waals surface area (Å²) in [5.41, 5.74) is 2.24. The highest BCUT2D eigenvalue weighted by atomic mass is 16.2. The second kappa shape index (κ2) is 6.42. The van der Waals surface area contributed by atoms with Crippen LogP contribution in [0.15, 0.2) is 30.3 Å². The van der Waals surface area contributed by atoms with Crippen LogP contribution < -0.4 is 5.32 Å². The third kappa shape index (κ3) is 3.22. The molecule has 0 radical (unpaired) electrons. The first-order valence-electron chi connectivity index (χ1n) is 7.86. The standard InChI is InChI=1S/C17H22N4O2/c1-12(22)21-8-7-20(11-16(21)17(23)18-2)10-14-9-13-5-3-4-6-15(13)19-14/h3-6,9,16,19H,7-8,10-11H2,1-2H3,(H,18,23)/t16-/m0/s1. The van der Waals surface area contributed by atoms with E-state index in [4.69, 9.17) is 0 Å². The third-order valence-electron chi connectivity index (χ3n) is 4.40. The number of rotatable bonds is 3. The van der Waals surface area contributed by atoms with E-state index in [1.165, 1.54) is 12.3 Å². The lowest BCUT2D eigenvalue weighted by atomic mass is 10.1. The molecule has 1 aliphatic heterocycles. The van der Waals surface area contributed by atoms with E-state index in [1.807, 2.05) is 12.1 Å². The van der Waals surface area contributed by atoms with Crippen LogP contribution >= 0.6 is 0 Å². The fraction of sp³-hybridized carbons (Fsp3) is 0.412. The van der Waals surface area contributed by atoms with Crippen molar-refractivity contribution in [3.63, 3.8) is 0 Å². The third-order valence-corrected chi connectivity index (χ3v) is 4.40. The molecule has 0 unspecified atom stereocenters. The Hall–Kier alpha value is -2.34. The minimum absolute atomic E-state index is 0.0520. The summed E-state index contributed by atoms with van der Waals surface area (Å²) < 4.78 is 0. The van der Waals surface area contributed by atoms with Crippen molar-refractivity contribution in [3.05, 3.63) is 36.0 Å². The largest absolute Gasteiger partial charge is 0.357 e. The van der Waals surface area contributed by atoms with Crippen molar-refractivity contribution in [1.82, 2.24) is 20.1 Å². The number of benzene rings is 1. The maximum atomic E-state index is 12.1. The van der Waals surface area contributed by atoms with E-state index in [2.05, 4.69) is 33.4 Å². The van der Waals surface area contributed by atoms with Gasteiger partial charge in [0.05, 0.1) is 0 Å². The first-order chi connectivity index (χ1) is 11.1. The lowest BCUT2D eigenvalue weighted by Crippen LogP contribution is -2.59. The quantitative estimate of drug-likeness (QED) is 0.886. The first-order valence-corrected chi connectivity index (χ1v) is 7.86. The van der Waals surface area contributed by atoms with Gasteiger partial charge in [0.25, 0.3) is 0 Å². The molecule has 6 nitrogen and oxygen atoms in total. The van der Waals surface area contributed by atoms with Crippen molar-refractivity contribution < 1.29 is 9.59 Å². The molecule has 1 aromatic heterocycles. The highest BCUT2D eigenvalue weighted by Gasteiger charge is 2.33. The van der Waals surface area contributed by atoms with E-state index in [-0.39, 0.29) is 11.8 Å². The molecule has 6 heteroatoms. The van der Waals surface area contributed by atoms with Crippen molar-refractivity contribution in [2.75, 3.05) is 26.7 Å². The van der Waals surface area contributed by atoms with Gasteiger partial charge in [0.15, 0.2) is 0 Å². The van der Waals surface area contributed by atoms with Crippen molar-refractivity contribution in [2.24, 2.45) is 0 Å². The fourth-order valence-electron chi connectivity index (χ4n) is 3.21. The molecule has 23 heavy (non-hydrogen) atoms. The molecule has 2 aromatic rings. The molecule has 0 bridgehead atoms. The predicted octanol–water partition coefficient (Wildman–Crippen LogP) is 0.947. The van der Waals surface area contributed by atoms with Crippen LogP contribution in [0.3, 0.4) is 0 Å². The number of H-pyrrole nitrogens is 1. The van der Waals surface area contributed by atoms with Crippen LogP contribution in [0, 0.1) is 0 Å². The molecule has 2 heterocycles. The van der Waals surface area contributed by atoms with Crippen LogP contribution in [0.5, 0.6) is 0 Å². The summed E-state index contributed by atoms with van der Waals surface area (Å²) in [4.78, 5) is 31.1. The summed E-state index contributed by atoms with van der Waals surface area (Å²) in [5.74, 6) is -0.162. The van der Waals surface area contributed by atoms with Gasteiger partial charge in [-0.25, -0.2) is 0 Å². The highest BCUT2D eigenvalue weighted by molar-refractivity contribution is 5.87. The summed E-state index contributed by atoms with van der Waals surface area (Å²) in [6.45, 7) is 4.15. The Bertz CT molecular complexity index is 691. The van der Waals surface area contributed by atoms with Gasteiger partial charge in [-0.2, -0.15) is 0 Å². The first kappa shape index (κ1) is 15.6. The van der Waals surface area contributed by atoms with Gasteiger partial charge >= 0.3 is 0 Å². The molecule has 1 fully saturated rings. The van der Waals surface area contributed by atoms with Crippen LogP contribution in [-0.4, -0.2) is 59.3 Å². The van der Waals surface area contributed by atoms with Crippen LogP contribution in [0.1, 0.15) is 12.6 Å². The van der Waals surface area contributed by atoms with Crippen LogP contribution in [0.2, 0.25) is 0 Å². The Morgan fingerprint density at radius 2 is 2.09 bits per heavy atom. The monoisotopic (exact) mass is 314 g/mol. The number of aromatic amines is 1. The minimum Gasteiger partial charge on any atom is -0.357 e. The van der Waals surface area contributed by atoms with Gasteiger partial charge in [0, 0.05) is 51.4 Å². The van der Waals surface area contributed by atoms with E-state index in [9.17, 15) is 9.59 Å². The Kier molecular flexibility index (Phi) is 4.34.